The minimum Gasteiger partial charge on any atom is -0.491 e. The van der Waals surface area contributed by atoms with Crippen LogP contribution in [0.15, 0.2) is 24.3 Å². The van der Waals surface area contributed by atoms with Gasteiger partial charge in [0.15, 0.2) is 0 Å². The Bertz CT molecular complexity index is 597. The number of hydrogen-bond donors (Lipinski definition) is 1. The molecule has 0 bridgehead atoms. The molecular weight excluding hydrogens is 268 g/mol. The summed E-state index contributed by atoms with van der Waals surface area (Å²) in [4.78, 5) is 26.5. The van der Waals surface area contributed by atoms with Crippen LogP contribution in [0.1, 0.15) is 30.9 Å². The number of benzene rings is 1. The third-order valence-corrected chi connectivity index (χ3v) is 4.59. The van der Waals surface area contributed by atoms with E-state index in [9.17, 15) is 9.59 Å². The predicted molar refractivity (Wildman–Crippen MR) is 75.7 cm³/mol. The summed E-state index contributed by atoms with van der Waals surface area (Å²) in [5.74, 6) is 1.20. The van der Waals surface area contributed by atoms with Crippen molar-refractivity contribution in [1.82, 2.24) is 10.2 Å². The van der Waals surface area contributed by atoms with Crippen LogP contribution in [0.4, 0.5) is 0 Å². The van der Waals surface area contributed by atoms with Crippen molar-refractivity contribution in [2.24, 2.45) is 5.92 Å². The van der Waals surface area contributed by atoms with E-state index in [1.807, 2.05) is 29.2 Å². The first-order chi connectivity index (χ1) is 10.2. The van der Waals surface area contributed by atoms with E-state index in [0.717, 1.165) is 24.2 Å². The highest BCUT2D eigenvalue weighted by atomic mass is 16.5. The SMILES string of the molecule is O=C1CCN(C2COc3ccccc32)C(=O)C(C2CC2)N1. The number of nitrogens with zero attached hydrogens (tertiary/aromatic N) is 1. The lowest BCUT2D eigenvalue weighted by atomic mass is 10.0. The van der Waals surface area contributed by atoms with Crippen molar-refractivity contribution in [2.75, 3.05) is 13.2 Å². The second kappa shape index (κ2) is 4.76. The third kappa shape index (κ3) is 2.17. The van der Waals surface area contributed by atoms with E-state index in [-0.39, 0.29) is 23.9 Å². The smallest absolute Gasteiger partial charge is 0.246 e. The topological polar surface area (TPSA) is 58.6 Å². The van der Waals surface area contributed by atoms with Crippen LogP contribution < -0.4 is 10.1 Å². The zero-order valence-electron chi connectivity index (χ0n) is 11.7. The minimum atomic E-state index is -0.340. The monoisotopic (exact) mass is 286 g/mol. The van der Waals surface area contributed by atoms with Gasteiger partial charge in [-0.15, -0.1) is 0 Å². The zero-order valence-corrected chi connectivity index (χ0v) is 11.7. The van der Waals surface area contributed by atoms with Gasteiger partial charge in [0.2, 0.25) is 11.8 Å². The van der Waals surface area contributed by atoms with Crippen LogP contribution >= 0.6 is 0 Å². The van der Waals surface area contributed by atoms with E-state index < -0.39 is 0 Å². The standard InChI is InChI=1S/C16H18N2O3/c19-14-7-8-18(16(20)15(17-14)10-5-6-10)12-9-21-13-4-2-1-3-11(12)13/h1-4,10,12,15H,5-9H2,(H,17,19). The molecule has 1 aromatic carbocycles. The summed E-state index contributed by atoms with van der Waals surface area (Å²) in [6.45, 7) is 0.951. The first kappa shape index (κ1) is 12.7. The molecule has 0 spiro atoms. The maximum atomic E-state index is 12.8. The Balaban J connectivity index is 1.64. The van der Waals surface area contributed by atoms with Gasteiger partial charge in [-0.3, -0.25) is 9.59 Å². The second-order valence-corrected chi connectivity index (χ2v) is 6.03. The second-order valence-electron chi connectivity index (χ2n) is 6.03. The minimum absolute atomic E-state index is 0.0186. The van der Waals surface area contributed by atoms with Crippen LogP contribution in [0, 0.1) is 5.92 Å². The predicted octanol–water partition coefficient (Wildman–Crippen LogP) is 1.25. The Morgan fingerprint density at radius 2 is 2.00 bits per heavy atom. The number of para-hydroxylation sites is 1. The maximum absolute atomic E-state index is 12.8. The van der Waals surface area contributed by atoms with Crippen molar-refractivity contribution in [1.29, 1.82) is 0 Å². The largest absolute Gasteiger partial charge is 0.491 e. The van der Waals surface area contributed by atoms with Crippen molar-refractivity contribution in [3.63, 3.8) is 0 Å². The fourth-order valence-corrected chi connectivity index (χ4v) is 3.28. The molecule has 110 valence electrons. The molecule has 2 heterocycles. The van der Waals surface area contributed by atoms with Gasteiger partial charge in [0.05, 0.1) is 6.04 Å². The van der Waals surface area contributed by atoms with Crippen LogP contribution in [0.5, 0.6) is 5.75 Å². The molecule has 0 aromatic heterocycles. The Morgan fingerprint density at radius 3 is 2.81 bits per heavy atom. The normalized spacial score (nSPS) is 28.7. The Kier molecular flexibility index (Phi) is 2.87. The zero-order chi connectivity index (χ0) is 14.4. The summed E-state index contributed by atoms with van der Waals surface area (Å²) in [6, 6.07) is 7.43. The molecule has 1 saturated carbocycles. The van der Waals surface area contributed by atoms with Crippen LogP contribution in [-0.2, 0) is 9.59 Å². The molecule has 0 radical (unpaired) electrons. The fourth-order valence-electron chi connectivity index (χ4n) is 3.28. The van der Waals surface area contributed by atoms with Gasteiger partial charge in [0, 0.05) is 18.5 Å². The number of carbonyl (C=O) groups excluding carboxylic acids is 2. The highest BCUT2D eigenvalue weighted by Gasteiger charge is 2.44. The molecule has 2 atom stereocenters. The van der Waals surface area contributed by atoms with Gasteiger partial charge in [0.25, 0.3) is 0 Å². The Labute approximate surface area is 123 Å². The average molecular weight is 286 g/mol. The van der Waals surface area contributed by atoms with E-state index in [1.165, 1.54) is 0 Å². The molecular formula is C16H18N2O3. The van der Waals surface area contributed by atoms with Crippen molar-refractivity contribution < 1.29 is 14.3 Å². The molecule has 1 N–H and O–H groups in total. The molecule has 5 nitrogen and oxygen atoms in total. The first-order valence-corrected chi connectivity index (χ1v) is 7.55. The molecule has 5 heteroatoms. The van der Waals surface area contributed by atoms with Crippen LogP contribution in [0.2, 0.25) is 0 Å². The van der Waals surface area contributed by atoms with E-state index in [2.05, 4.69) is 5.32 Å². The lowest BCUT2D eigenvalue weighted by Gasteiger charge is -2.29. The van der Waals surface area contributed by atoms with Gasteiger partial charge in [0.1, 0.15) is 18.4 Å². The van der Waals surface area contributed by atoms with Crippen molar-refractivity contribution in [3.05, 3.63) is 29.8 Å². The lowest BCUT2D eigenvalue weighted by molar-refractivity contribution is -0.136. The Morgan fingerprint density at radius 1 is 1.19 bits per heavy atom. The molecule has 21 heavy (non-hydrogen) atoms. The van der Waals surface area contributed by atoms with E-state index in [4.69, 9.17) is 4.74 Å². The molecule has 2 aliphatic heterocycles. The number of amides is 2. The molecule has 3 aliphatic rings. The number of fused-ring (bicyclic) bond motifs is 1. The van der Waals surface area contributed by atoms with E-state index >= 15 is 0 Å². The molecule has 1 saturated heterocycles. The quantitative estimate of drug-likeness (QED) is 0.890. The highest BCUT2D eigenvalue weighted by molar-refractivity contribution is 5.90. The maximum Gasteiger partial charge on any atom is 0.246 e. The van der Waals surface area contributed by atoms with Crippen molar-refractivity contribution >= 4 is 11.8 Å². The number of nitrogens with one attached hydrogen (secondary N) is 1. The van der Waals surface area contributed by atoms with Gasteiger partial charge < -0.3 is 15.0 Å². The summed E-state index contributed by atoms with van der Waals surface area (Å²) in [5, 5.41) is 2.90. The van der Waals surface area contributed by atoms with Crippen LogP contribution in [-0.4, -0.2) is 35.9 Å². The van der Waals surface area contributed by atoms with Crippen molar-refractivity contribution in [3.8, 4) is 5.75 Å². The number of carbonyl (C=O) groups is 2. The van der Waals surface area contributed by atoms with Gasteiger partial charge in [-0.05, 0) is 24.8 Å². The summed E-state index contributed by atoms with van der Waals surface area (Å²) in [5.41, 5.74) is 1.05. The molecule has 2 amide bonds. The van der Waals surface area contributed by atoms with Gasteiger partial charge in [-0.2, -0.15) is 0 Å². The van der Waals surface area contributed by atoms with Gasteiger partial charge >= 0.3 is 0 Å². The number of hydrogen-bond acceptors (Lipinski definition) is 3. The van der Waals surface area contributed by atoms with Crippen molar-refractivity contribution in [2.45, 2.75) is 31.3 Å². The molecule has 2 unspecified atom stereocenters. The van der Waals surface area contributed by atoms with Crippen LogP contribution in [0.3, 0.4) is 0 Å². The summed E-state index contributed by atoms with van der Waals surface area (Å²) < 4.78 is 5.69. The van der Waals surface area contributed by atoms with Gasteiger partial charge in [-0.25, -0.2) is 0 Å². The lowest BCUT2D eigenvalue weighted by Crippen LogP contribution is -2.47. The molecule has 2 fully saturated rings. The molecule has 1 aliphatic carbocycles. The number of ether oxygens (including phenoxy) is 1. The van der Waals surface area contributed by atoms with E-state index in [0.29, 0.717) is 25.5 Å². The highest BCUT2D eigenvalue weighted by Crippen LogP contribution is 2.39. The molecule has 4 rings (SSSR count). The summed E-state index contributed by atoms with van der Waals surface area (Å²) in [6.07, 6.45) is 2.43. The Hall–Kier alpha value is -2.04. The summed E-state index contributed by atoms with van der Waals surface area (Å²) >= 11 is 0. The van der Waals surface area contributed by atoms with E-state index in [1.54, 1.807) is 0 Å². The third-order valence-electron chi connectivity index (χ3n) is 4.59. The summed E-state index contributed by atoms with van der Waals surface area (Å²) in [7, 11) is 0. The molecule has 1 aromatic rings. The number of rotatable bonds is 2. The first-order valence-electron chi connectivity index (χ1n) is 7.55. The fraction of sp³-hybridized carbons (Fsp3) is 0.500. The van der Waals surface area contributed by atoms with Gasteiger partial charge in [-0.1, -0.05) is 18.2 Å². The van der Waals surface area contributed by atoms with Crippen LogP contribution in [0.25, 0.3) is 0 Å². The average Bonchev–Trinajstić information content (AvgIpc) is 3.26.